The topological polar surface area (TPSA) is 62.1 Å². The number of rotatable bonds is 6. The van der Waals surface area contributed by atoms with Crippen LogP contribution in [0, 0.1) is 28.7 Å². The molecule has 7 heteroatoms. The van der Waals surface area contributed by atoms with Gasteiger partial charge in [0, 0.05) is 21.3 Å². The third-order valence-corrected chi connectivity index (χ3v) is 6.31. The maximum absolute atomic E-state index is 12.6. The molecule has 0 spiro atoms. The van der Waals surface area contributed by atoms with Crippen LogP contribution in [0.4, 0.5) is 5.69 Å². The smallest absolute Gasteiger partial charge is 0.266 e. The first-order valence-electron chi connectivity index (χ1n) is 9.64. The summed E-state index contributed by atoms with van der Waals surface area (Å²) in [7, 11) is 0. The van der Waals surface area contributed by atoms with Gasteiger partial charge in [-0.3, -0.25) is 4.79 Å². The first-order valence-corrected chi connectivity index (χ1v) is 11.5. The molecule has 0 atom stereocenters. The van der Waals surface area contributed by atoms with E-state index < -0.39 is 5.91 Å². The van der Waals surface area contributed by atoms with Crippen LogP contribution in [0.5, 0.6) is 5.75 Å². The van der Waals surface area contributed by atoms with Crippen LogP contribution in [-0.2, 0) is 11.4 Å². The van der Waals surface area contributed by atoms with Crippen LogP contribution in [0.1, 0.15) is 22.3 Å². The Morgan fingerprint density at radius 2 is 1.94 bits per heavy atom. The van der Waals surface area contributed by atoms with Crippen LogP contribution in [-0.4, -0.2) is 5.91 Å². The number of carbonyl (C=O) groups is 1. The fourth-order valence-corrected chi connectivity index (χ4v) is 4.07. The predicted molar refractivity (Wildman–Crippen MR) is 138 cm³/mol. The molecular weight excluding hydrogens is 558 g/mol. The fraction of sp³-hybridized carbons (Fsp3) is 0.120. The van der Waals surface area contributed by atoms with E-state index in [0.717, 1.165) is 25.8 Å². The van der Waals surface area contributed by atoms with Crippen LogP contribution in [0.25, 0.3) is 6.08 Å². The maximum atomic E-state index is 12.6. The van der Waals surface area contributed by atoms with Gasteiger partial charge in [0.2, 0.25) is 0 Å². The zero-order valence-electron chi connectivity index (χ0n) is 17.4. The van der Waals surface area contributed by atoms with Crippen molar-refractivity contribution < 1.29 is 9.53 Å². The highest BCUT2D eigenvalue weighted by Gasteiger charge is 2.12. The Morgan fingerprint density at radius 3 is 2.62 bits per heavy atom. The number of anilines is 1. The summed E-state index contributed by atoms with van der Waals surface area (Å²) in [4.78, 5) is 12.6. The Bertz CT molecular complexity index is 1250. The maximum Gasteiger partial charge on any atom is 0.266 e. The van der Waals surface area contributed by atoms with Crippen molar-refractivity contribution in [3.05, 3.63) is 96.0 Å². The molecule has 0 aromatic heterocycles. The molecule has 0 aliphatic rings. The normalized spacial score (nSPS) is 11.1. The molecule has 3 aromatic carbocycles. The predicted octanol–water partition coefficient (Wildman–Crippen LogP) is 7.34. The average molecular weight is 577 g/mol. The molecule has 3 rings (SSSR count). The van der Waals surface area contributed by atoms with Gasteiger partial charge in [-0.2, -0.15) is 5.26 Å². The van der Waals surface area contributed by atoms with Gasteiger partial charge in [0.25, 0.3) is 5.91 Å². The molecule has 32 heavy (non-hydrogen) atoms. The number of aryl methyl sites for hydroxylation is 1. The van der Waals surface area contributed by atoms with Gasteiger partial charge in [0.05, 0.1) is 3.57 Å². The molecule has 0 heterocycles. The van der Waals surface area contributed by atoms with E-state index in [9.17, 15) is 10.1 Å². The van der Waals surface area contributed by atoms with Crippen LogP contribution in [0.3, 0.4) is 0 Å². The molecular formula is C25H19Cl2IN2O2. The van der Waals surface area contributed by atoms with Crippen LogP contribution in [0.15, 0.2) is 60.2 Å². The number of nitriles is 1. The number of nitrogens with zero attached hydrogens (tertiary/aromatic N) is 1. The quantitative estimate of drug-likeness (QED) is 0.190. The van der Waals surface area contributed by atoms with Crippen molar-refractivity contribution in [2.45, 2.75) is 20.5 Å². The van der Waals surface area contributed by atoms with Gasteiger partial charge in [0.15, 0.2) is 0 Å². The second kappa shape index (κ2) is 10.9. The van der Waals surface area contributed by atoms with Crippen molar-refractivity contribution in [2.75, 3.05) is 5.32 Å². The number of hydrogen-bond acceptors (Lipinski definition) is 3. The number of nitrogens with one attached hydrogen (secondary N) is 1. The van der Waals surface area contributed by atoms with Gasteiger partial charge in [-0.15, -0.1) is 0 Å². The molecule has 1 amide bonds. The third kappa shape index (κ3) is 6.04. The zero-order valence-corrected chi connectivity index (χ0v) is 21.0. The Kier molecular flexibility index (Phi) is 8.19. The van der Waals surface area contributed by atoms with Crippen molar-refractivity contribution in [3.8, 4) is 11.8 Å². The molecule has 0 saturated heterocycles. The SMILES string of the molecule is Cc1cccc(NC(=O)/C(C#N)=C/c2ccc(OCc3ccc(Cl)cc3Cl)c(I)c2)c1C. The number of ether oxygens (including phenoxy) is 1. The van der Waals surface area contributed by atoms with Gasteiger partial charge >= 0.3 is 0 Å². The summed E-state index contributed by atoms with van der Waals surface area (Å²) in [5.41, 5.74) is 4.29. The lowest BCUT2D eigenvalue weighted by molar-refractivity contribution is -0.112. The standard InChI is InChI=1S/C25H19Cl2IN2O2/c1-15-4-3-5-23(16(15)2)30-25(31)19(13-29)10-17-6-9-24(22(28)11-17)32-14-18-7-8-20(26)12-21(18)27/h3-12H,14H2,1-2H3,(H,30,31)/b19-10+. The van der Waals surface area contributed by atoms with E-state index in [0.29, 0.717) is 28.1 Å². The molecule has 0 aliphatic heterocycles. The molecule has 3 aromatic rings. The largest absolute Gasteiger partial charge is 0.488 e. The first kappa shape index (κ1) is 24.1. The second-order valence-corrected chi connectivity index (χ2v) is 9.09. The number of benzene rings is 3. The van der Waals surface area contributed by atoms with Crippen LogP contribution in [0.2, 0.25) is 10.0 Å². The average Bonchev–Trinajstić information content (AvgIpc) is 2.75. The van der Waals surface area contributed by atoms with Gasteiger partial charge < -0.3 is 10.1 Å². The monoisotopic (exact) mass is 576 g/mol. The summed E-state index contributed by atoms with van der Waals surface area (Å²) < 4.78 is 6.72. The third-order valence-electron chi connectivity index (χ3n) is 4.88. The summed E-state index contributed by atoms with van der Waals surface area (Å²) in [5.74, 6) is 0.223. The van der Waals surface area contributed by atoms with Crippen molar-refractivity contribution in [1.29, 1.82) is 5.26 Å². The lowest BCUT2D eigenvalue weighted by atomic mass is 10.1. The van der Waals surface area contributed by atoms with Crippen molar-refractivity contribution in [2.24, 2.45) is 0 Å². The summed E-state index contributed by atoms with van der Waals surface area (Å²) in [6.45, 7) is 4.19. The Labute approximate surface area is 210 Å². The molecule has 4 nitrogen and oxygen atoms in total. The first-order chi connectivity index (χ1) is 15.3. The minimum Gasteiger partial charge on any atom is -0.488 e. The van der Waals surface area contributed by atoms with Crippen LogP contribution >= 0.6 is 45.8 Å². The van der Waals surface area contributed by atoms with Gasteiger partial charge in [-0.25, -0.2) is 0 Å². The molecule has 0 radical (unpaired) electrons. The number of hydrogen-bond donors (Lipinski definition) is 1. The zero-order chi connectivity index (χ0) is 23.3. The van der Waals surface area contributed by atoms with Gasteiger partial charge in [-0.1, -0.05) is 47.5 Å². The molecule has 0 unspecified atom stereocenters. The summed E-state index contributed by atoms with van der Waals surface area (Å²) in [6, 6.07) is 18.3. The van der Waals surface area contributed by atoms with E-state index in [2.05, 4.69) is 27.9 Å². The highest BCUT2D eigenvalue weighted by molar-refractivity contribution is 14.1. The molecule has 0 bridgehead atoms. The van der Waals surface area contributed by atoms with Gasteiger partial charge in [0.1, 0.15) is 24.0 Å². The summed E-state index contributed by atoms with van der Waals surface area (Å²) in [6.07, 6.45) is 1.56. The minimum atomic E-state index is -0.450. The summed E-state index contributed by atoms with van der Waals surface area (Å²) in [5, 5.41) is 13.4. The van der Waals surface area contributed by atoms with E-state index in [4.69, 9.17) is 27.9 Å². The second-order valence-electron chi connectivity index (χ2n) is 7.09. The Balaban J connectivity index is 1.74. The summed E-state index contributed by atoms with van der Waals surface area (Å²) >= 11 is 14.3. The highest BCUT2D eigenvalue weighted by Crippen LogP contribution is 2.27. The van der Waals surface area contributed by atoms with E-state index in [1.165, 1.54) is 0 Å². The van der Waals surface area contributed by atoms with E-state index >= 15 is 0 Å². The Hall–Kier alpha value is -2.53. The van der Waals surface area contributed by atoms with Crippen molar-refractivity contribution >= 4 is 63.5 Å². The molecule has 0 aliphatic carbocycles. The van der Waals surface area contributed by atoms with Crippen molar-refractivity contribution in [3.63, 3.8) is 0 Å². The lowest BCUT2D eigenvalue weighted by Gasteiger charge is -2.11. The van der Waals surface area contributed by atoms with E-state index in [1.807, 2.05) is 50.2 Å². The van der Waals surface area contributed by atoms with Crippen LogP contribution < -0.4 is 10.1 Å². The molecule has 1 N–H and O–H groups in total. The van der Waals surface area contributed by atoms with Crippen molar-refractivity contribution in [1.82, 2.24) is 0 Å². The molecule has 0 saturated carbocycles. The van der Waals surface area contributed by atoms with Gasteiger partial charge in [-0.05, 0) is 89.5 Å². The molecule has 0 fully saturated rings. The number of amides is 1. The number of carbonyl (C=O) groups excluding carboxylic acids is 1. The number of halogens is 3. The highest BCUT2D eigenvalue weighted by atomic mass is 127. The molecule has 162 valence electrons. The van der Waals surface area contributed by atoms with E-state index in [-0.39, 0.29) is 5.57 Å². The lowest BCUT2D eigenvalue weighted by Crippen LogP contribution is -2.14. The Morgan fingerprint density at radius 1 is 1.16 bits per heavy atom. The fourth-order valence-electron chi connectivity index (χ4n) is 2.91. The van der Waals surface area contributed by atoms with E-state index in [1.54, 1.807) is 30.3 Å². The minimum absolute atomic E-state index is 0.0170.